The van der Waals surface area contributed by atoms with Gasteiger partial charge in [0.05, 0.1) is 0 Å². The van der Waals surface area contributed by atoms with Crippen molar-refractivity contribution in [3.05, 3.63) is 0 Å². The molecule has 0 unspecified atom stereocenters. The Hall–Kier alpha value is -0.610. The molecule has 324 valence electrons. The minimum absolute atomic E-state index is 0.00173. The lowest BCUT2D eigenvalue weighted by molar-refractivity contribution is -0.191. The molecular weight excluding hydrogens is 661 g/mol. The van der Waals surface area contributed by atoms with Crippen molar-refractivity contribution in [2.45, 2.75) is 285 Å². The van der Waals surface area contributed by atoms with E-state index in [1.54, 1.807) is 0 Å². The van der Waals surface area contributed by atoms with Crippen LogP contribution >= 0.6 is 0 Å². The predicted octanol–water partition coefficient (Wildman–Crippen LogP) is 16.7. The van der Waals surface area contributed by atoms with Gasteiger partial charge in [0.15, 0.2) is 0 Å². The molecule has 0 heterocycles. The molecule has 0 aromatic carbocycles. The first-order valence-electron chi connectivity index (χ1n) is 25.4. The van der Waals surface area contributed by atoms with Gasteiger partial charge in [-0.1, -0.05) is 246 Å². The van der Waals surface area contributed by atoms with E-state index in [9.17, 15) is 4.79 Å². The Balaban J connectivity index is 3.83. The fourth-order valence-electron chi connectivity index (χ4n) is 8.04. The first kappa shape index (κ1) is 53.4. The van der Waals surface area contributed by atoms with Gasteiger partial charge in [-0.2, -0.15) is 0 Å². The maximum atomic E-state index is 12.8. The summed E-state index contributed by atoms with van der Waals surface area (Å²) in [6, 6.07) is 0. The molecule has 0 aliphatic heterocycles. The van der Waals surface area contributed by atoms with Gasteiger partial charge in [0.25, 0.3) is 0 Å². The van der Waals surface area contributed by atoms with Crippen LogP contribution in [-0.2, 0) is 9.63 Å². The summed E-state index contributed by atoms with van der Waals surface area (Å²) in [6.07, 6.45) is 53.5. The standard InChI is InChI=1S/C50H102N2O2/c1-5-9-12-15-18-21-22-23-24-25-26-27-28-31-36-41-46-51(8-4)47-42-37-32-29-30-35-40-45-50(53)54-52(48-43-38-33-19-16-13-10-6-2)49-44-39-34-20-17-14-11-7-3/h5-49H2,1-4H3. The maximum Gasteiger partial charge on any atom is 0.325 e. The quantitative estimate of drug-likeness (QED) is 0.0457. The average Bonchev–Trinajstić information content (AvgIpc) is 3.18. The third-order valence-corrected chi connectivity index (χ3v) is 11.9. The number of hydrogen-bond donors (Lipinski definition) is 0. The molecule has 0 atom stereocenters. The zero-order valence-corrected chi connectivity index (χ0v) is 38.0. The van der Waals surface area contributed by atoms with Crippen molar-refractivity contribution in [3.8, 4) is 0 Å². The van der Waals surface area contributed by atoms with E-state index in [-0.39, 0.29) is 5.97 Å². The van der Waals surface area contributed by atoms with Gasteiger partial charge in [0.1, 0.15) is 0 Å². The SMILES string of the molecule is CCCCCCCCCCCCCCCCCCN(CC)CCCCCCCCCC(=O)ON(CCCCCCCCCC)CCCCCCCCCC. The van der Waals surface area contributed by atoms with Crippen molar-refractivity contribution < 1.29 is 9.63 Å². The van der Waals surface area contributed by atoms with Crippen LogP contribution in [0.25, 0.3) is 0 Å². The zero-order valence-electron chi connectivity index (χ0n) is 38.0. The highest BCUT2D eigenvalue weighted by Gasteiger charge is 2.12. The van der Waals surface area contributed by atoms with Crippen LogP contribution < -0.4 is 0 Å². The van der Waals surface area contributed by atoms with Crippen LogP contribution in [0.4, 0.5) is 0 Å². The molecule has 0 N–H and O–H groups in total. The Bertz CT molecular complexity index is 680. The third-order valence-electron chi connectivity index (χ3n) is 11.9. The highest BCUT2D eigenvalue weighted by molar-refractivity contribution is 5.68. The van der Waals surface area contributed by atoms with Crippen molar-refractivity contribution in [3.63, 3.8) is 0 Å². The molecule has 4 nitrogen and oxygen atoms in total. The highest BCUT2D eigenvalue weighted by atomic mass is 16.7. The number of carbonyl (C=O) groups excluding carboxylic acids is 1. The summed E-state index contributed by atoms with van der Waals surface area (Å²) in [7, 11) is 0. The Morgan fingerprint density at radius 1 is 0.315 bits per heavy atom. The molecular formula is C50H102N2O2. The van der Waals surface area contributed by atoms with E-state index in [4.69, 9.17) is 4.84 Å². The lowest BCUT2D eigenvalue weighted by Crippen LogP contribution is -2.29. The van der Waals surface area contributed by atoms with Crippen LogP contribution in [0, 0.1) is 0 Å². The van der Waals surface area contributed by atoms with Crippen molar-refractivity contribution in [1.82, 2.24) is 9.96 Å². The fraction of sp³-hybridized carbons (Fsp3) is 0.980. The minimum Gasteiger partial charge on any atom is -0.368 e. The monoisotopic (exact) mass is 763 g/mol. The summed E-state index contributed by atoms with van der Waals surface area (Å²) in [4.78, 5) is 21.4. The molecule has 0 aromatic heterocycles. The summed E-state index contributed by atoms with van der Waals surface area (Å²) in [5.74, 6) is -0.00173. The lowest BCUT2D eigenvalue weighted by atomic mass is 10.0. The number of unbranched alkanes of at least 4 members (excludes halogenated alkanes) is 35. The molecule has 0 amide bonds. The van der Waals surface area contributed by atoms with Gasteiger partial charge < -0.3 is 9.74 Å². The summed E-state index contributed by atoms with van der Waals surface area (Å²) in [5, 5.41) is 2.02. The Kier molecular flexibility index (Phi) is 46.2. The molecule has 0 bridgehead atoms. The third kappa shape index (κ3) is 42.5. The summed E-state index contributed by atoms with van der Waals surface area (Å²) < 4.78 is 0. The van der Waals surface area contributed by atoms with Gasteiger partial charge >= 0.3 is 5.97 Å². The van der Waals surface area contributed by atoms with E-state index < -0.39 is 0 Å². The largest absolute Gasteiger partial charge is 0.368 e. The van der Waals surface area contributed by atoms with Gasteiger partial charge in [-0.05, 0) is 51.7 Å². The Morgan fingerprint density at radius 3 is 0.833 bits per heavy atom. The van der Waals surface area contributed by atoms with Crippen molar-refractivity contribution >= 4 is 5.97 Å². The smallest absolute Gasteiger partial charge is 0.325 e. The van der Waals surface area contributed by atoms with Crippen LogP contribution in [0.15, 0.2) is 0 Å². The van der Waals surface area contributed by atoms with E-state index in [0.717, 1.165) is 38.8 Å². The molecule has 0 aromatic rings. The summed E-state index contributed by atoms with van der Waals surface area (Å²) in [5.41, 5.74) is 0. The fourth-order valence-corrected chi connectivity index (χ4v) is 8.04. The molecule has 0 spiro atoms. The topological polar surface area (TPSA) is 32.8 Å². The second-order valence-electron chi connectivity index (χ2n) is 17.3. The van der Waals surface area contributed by atoms with E-state index >= 15 is 0 Å². The number of hydrogen-bond acceptors (Lipinski definition) is 4. The molecule has 4 heteroatoms. The van der Waals surface area contributed by atoms with E-state index in [1.807, 2.05) is 5.06 Å². The number of nitrogens with zero attached hydrogens (tertiary/aromatic N) is 2. The van der Waals surface area contributed by atoms with Gasteiger partial charge in [-0.25, -0.2) is 0 Å². The second-order valence-corrected chi connectivity index (χ2v) is 17.3. The summed E-state index contributed by atoms with van der Waals surface area (Å²) in [6.45, 7) is 14.8. The Labute approximate surface area is 341 Å². The molecule has 0 aliphatic carbocycles. The van der Waals surface area contributed by atoms with E-state index in [2.05, 4.69) is 32.6 Å². The van der Waals surface area contributed by atoms with Crippen LogP contribution in [-0.4, -0.2) is 48.7 Å². The minimum atomic E-state index is -0.00173. The predicted molar refractivity (Wildman–Crippen MR) is 241 cm³/mol. The van der Waals surface area contributed by atoms with Crippen molar-refractivity contribution in [2.24, 2.45) is 0 Å². The van der Waals surface area contributed by atoms with Gasteiger partial charge in [-0.15, -0.1) is 5.06 Å². The van der Waals surface area contributed by atoms with E-state index in [0.29, 0.717) is 6.42 Å². The highest BCUT2D eigenvalue weighted by Crippen LogP contribution is 2.16. The van der Waals surface area contributed by atoms with Gasteiger partial charge in [0, 0.05) is 19.5 Å². The summed E-state index contributed by atoms with van der Waals surface area (Å²) >= 11 is 0. The Morgan fingerprint density at radius 2 is 0.556 bits per heavy atom. The van der Waals surface area contributed by atoms with Crippen LogP contribution in [0.2, 0.25) is 0 Å². The normalized spacial score (nSPS) is 11.7. The van der Waals surface area contributed by atoms with Crippen molar-refractivity contribution in [2.75, 3.05) is 32.7 Å². The van der Waals surface area contributed by atoms with E-state index in [1.165, 1.54) is 244 Å². The molecule has 0 radical (unpaired) electrons. The van der Waals surface area contributed by atoms with Crippen LogP contribution in [0.3, 0.4) is 0 Å². The average molecular weight is 763 g/mol. The molecule has 0 aliphatic rings. The number of carbonyl (C=O) groups is 1. The first-order valence-corrected chi connectivity index (χ1v) is 25.4. The number of hydroxylamine groups is 2. The molecule has 0 rings (SSSR count). The van der Waals surface area contributed by atoms with Crippen LogP contribution in [0.1, 0.15) is 285 Å². The van der Waals surface area contributed by atoms with Crippen molar-refractivity contribution in [1.29, 1.82) is 0 Å². The number of rotatable bonds is 47. The first-order chi connectivity index (χ1) is 26.7. The molecule has 0 saturated heterocycles. The molecule has 54 heavy (non-hydrogen) atoms. The zero-order chi connectivity index (χ0) is 39.3. The van der Waals surface area contributed by atoms with Gasteiger partial charge in [-0.3, -0.25) is 4.79 Å². The van der Waals surface area contributed by atoms with Crippen LogP contribution in [0.5, 0.6) is 0 Å². The van der Waals surface area contributed by atoms with Gasteiger partial charge in [0.2, 0.25) is 0 Å². The lowest BCUT2D eigenvalue weighted by Gasteiger charge is -2.21. The second kappa shape index (κ2) is 46.8. The molecule has 0 saturated carbocycles. The maximum absolute atomic E-state index is 12.8. The molecule has 0 fully saturated rings.